The maximum atomic E-state index is 11.6. The molecule has 0 saturated heterocycles. The molecule has 0 aliphatic heterocycles. The van der Waals surface area contributed by atoms with Crippen molar-refractivity contribution in [2.45, 2.75) is 0 Å². The zero-order valence-corrected chi connectivity index (χ0v) is 7.90. The van der Waals surface area contributed by atoms with Gasteiger partial charge in [0.25, 0.3) is 0 Å². The molecular weight excluding hydrogens is 188 g/mol. The van der Waals surface area contributed by atoms with Gasteiger partial charge in [-0.25, -0.2) is 4.98 Å². The molecule has 0 fully saturated rings. The lowest BCUT2D eigenvalue weighted by Crippen LogP contribution is -1.99. The van der Waals surface area contributed by atoms with E-state index in [-0.39, 0.29) is 5.43 Å². The molecule has 3 rings (SSSR count). The number of aromatic nitrogens is 2. The number of pyridine rings is 2. The molecule has 3 nitrogen and oxygen atoms in total. The molecule has 0 radical (unpaired) electrons. The van der Waals surface area contributed by atoms with Crippen LogP contribution in [0.2, 0.25) is 0 Å². The zero-order chi connectivity index (χ0) is 10.3. The Labute approximate surface area is 85.4 Å². The van der Waals surface area contributed by atoms with E-state index in [0.717, 1.165) is 16.6 Å². The average Bonchev–Trinajstić information content (AvgIpc) is 2.27. The Morgan fingerprint density at radius 2 is 2.07 bits per heavy atom. The third kappa shape index (κ3) is 1.21. The molecule has 0 saturated carbocycles. The highest BCUT2D eigenvalue weighted by Crippen LogP contribution is 2.14. The van der Waals surface area contributed by atoms with Gasteiger partial charge in [-0.3, -0.25) is 4.79 Å². The van der Waals surface area contributed by atoms with Crippen LogP contribution in [0.15, 0.2) is 47.4 Å². The average molecular weight is 196 g/mol. The molecule has 0 atom stereocenters. The van der Waals surface area contributed by atoms with Gasteiger partial charge >= 0.3 is 0 Å². The van der Waals surface area contributed by atoms with E-state index in [1.165, 1.54) is 0 Å². The third-order valence-corrected chi connectivity index (χ3v) is 2.44. The number of hydrogen-bond acceptors (Lipinski definition) is 2. The topological polar surface area (TPSA) is 45.8 Å². The van der Waals surface area contributed by atoms with Gasteiger partial charge in [-0.2, -0.15) is 0 Å². The standard InChI is InChI=1S/C12H8N2O/c15-11-5-1-4-10-9(11)7-8-3-2-6-13-12(8)14-10/h1-7H,(H,13,14). The van der Waals surface area contributed by atoms with Crippen molar-refractivity contribution in [3.63, 3.8) is 0 Å². The summed E-state index contributed by atoms with van der Waals surface area (Å²) in [7, 11) is 0. The van der Waals surface area contributed by atoms with Crippen molar-refractivity contribution in [2.24, 2.45) is 0 Å². The number of benzene rings is 1. The first-order valence-electron chi connectivity index (χ1n) is 4.72. The smallest absolute Gasteiger partial charge is 0.188 e. The molecule has 2 aromatic heterocycles. The Hall–Kier alpha value is -2.16. The minimum Gasteiger partial charge on any atom is -0.346 e. The van der Waals surface area contributed by atoms with E-state index in [1.807, 2.05) is 30.5 Å². The van der Waals surface area contributed by atoms with Crippen molar-refractivity contribution in [1.82, 2.24) is 9.97 Å². The summed E-state index contributed by atoms with van der Waals surface area (Å²) in [5.41, 5.74) is 1.55. The Kier molecular flexibility index (Phi) is 1.59. The van der Waals surface area contributed by atoms with Crippen LogP contribution in [0.1, 0.15) is 0 Å². The molecule has 2 heterocycles. The van der Waals surface area contributed by atoms with Crippen molar-refractivity contribution in [2.75, 3.05) is 0 Å². The number of rotatable bonds is 0. The lowest BCUT2D eigenvalue weighted by Gasteiger charge is -1.99. The van der Waals surface area contributed by atoms with Gasteiger partial charge in [-0.05, 0) is 30.3 Å². The Morgan fingerprint density at radius 1 is 1.13 bits per heavy atom. The molecule has 0 amide bonds. The molecule has 3 aromatic rings. The van der Waals surface area contributed by atoms with Gasteiger partial charge < -0.3 is 4.98 Å². The number of aromatic amines is 1. The Bertz CT molecular complexity index is 700. The van der Waals surface area contributed by atoms with E-state index in [0.29, 0.717) is 5.39 Å². The first-order valence-corrected chi connectivity index (χ1v) is 4.72. The first kappa shape index (κ1) is 8.17. The molecule has 3 heteroatoms. The van der Waals surface area contributed by atoms with Crippen LogP contribution < -0.4 is 5.43 Å². The maximum absolute atomic E-state index is 11.6. The summed E-state index contributed by atoms with van der Waals surface area (Å²) in [5.74, 6) is 0. The van der Waals surface area contributed by atoms with Crippen LogP contribution in [0, 0.1) is 0 Å². The van der Waals surface area contributed by atoms with Crippen LogP contribution in [0.5, 0.6) is 0 Å². The zero-order valence-electron chi connectivity index (χ0n) is 7.90. The van der Waals surface area contributed by atoms with Crippen LogP contribution in [0.25, 0.3) is 21.9 Å². The van der Waals surface area contributed by atoms with Crippen molar-refractivity contribution in [3.8, 4) is 0 Å². The van der Waals surface area contributed by atoms with Crippen molar-refractivity contribution >= 4 is 21.9 Å². The molecule has 15 heavy (non-hydrogen) atoms. The van der Waals surface area contributed by atoms with Crippen molar-refractivity contribution < 1.29 is 0 Å². The van der Waals surface area contributed by atoms with Gasteiger partial charge in [-0.1, -0.05) is 6.07 Å². The fraction of sp³-hybridized carbons (Fsp3) is 0. The van der Waals surface area contributed by atoms with Crippen molar-refractivity contribution in [3.05, 3.63) is 52.8 Å². The van der Waals surface area contributed by atoms with E-state index in [9.17, 15) is 4.79 Å². The van der Waals surface area contributed by atoms with E-state index >= 15 is 0 Å². The summed E-state index contributed by atoms with van der Waals surface area (Å²) in [6, 6.07) is 10.8. The fourth-order valence-corrected chi connectivity index (χ4v) is 1.71. The highest BCUT2D eigenvalue weighted by molar-refractivity contribution is 5.90. The Balaban J connectivity index is 2.59. The normalized spacial score (nSPS) is 10.9. The number of H-pyrrole nitrogens is 1. The lowest BCUT2D eigenvalue weighted by molar-refractivity contribution is 1.32. The summed E-state index contributed by atoms with van der Waals surface area (Å²) >= 11 is 0. The van der Waals surface area contributed by atoms with Gasteiger partial charge in [-0.15, -0.1) is 0 Å². The molecule has 0 bridgehead atoms. The molecule has 1 N–H and O–H groups in total. The second-order valence-electron chi connectivity index (χ2n) is 3.42. The Morgan fingerprint density at radius 3 is 3.00 bits per heavy atom. The van der Waals surface area contributed by atoms with Gasteiger partial charge in [0, 0.05) is 17.0 Å². The van der Waals surface area contributed by atoms with Gasteiger partial charge in [0.05, 0.1) is 5.52 Å². The minimum absolute atomic E-state index is 0.0192. The molecule has 0 aliphatic carbocycles. The summed E-state index contributed by atoms with van der Waals surface area (Å²) in [6.45, 7) is 0. The molecule has 72 valence electrons. The van der Waals surface area contributed by atoms with Gasteiger partial charge in [0.15, 0.2) is 5.43 Å². The maximum Gasteiger partial charge on any atom is 0.188 e. The van der Waals surface area contributed by atoms with E-state index in [4.69, 9.17) is 0 Å². The van der Waals surface area contributed by atoms with Gasteiger partial charge in [0.2, 0.25) is 0 Å². The quantitative estimate of drug-likeness (QED) is 0.559. The molecular formula is C12H8N2O. The molecule has 0 unspecified atom stereocenters. The summed E-state index contributed by atoms with van der Waals surface area (Å²) in [6.07, 6.45) is 1.82. The predicted molar refractivity (Wildman–Crippen MR) is 59.9 cm³/mol. The second-order valence-corrected chi connectivity index (χ2v) is 3.42. The lowest BCUT2D eigenvalue weighted by atomic mass is 10.1. The van der Waals surface area contributed by atoms with Crippen LogP contribution in [0.3, 0.4) is 0 Å². The number of nitrogens with zero attached hydrogens (tertiary/aromatic N) is 1. The minimum atomic E-state index is 0.0192. The highest BCUT2D eigenvalue weighted by atomic mass is 16.1. The highest BCUT2D eigenvalue weighted by Gasteiger charge is 2.01. The predicted octanol–water partition coefficient (Wildman–Crippen LogP) is 2.08. The molecule has 1 aromatic carbocycles. The van der Waals surface area contributed by atoms with Gasteiger partial charge in [0.1, 0.15) is 5.65 Å². The monoisotopic (exact) mass is 196 g/mol. The van der Waals surface area contributed by atoms with Crippen LogP contribution >= 0.6 is 0 Å². The van der Waals surface area contributed by atoms with Crippen molar-refractivity contribution in [1.29, 1.82) is 0 Å². The SMILES string of the molecule is O=c1cccc2nc3[nH]cccc3cc12. The van der Waals surface area contributed by atoms with E-state index in [1.54, 1.807) is 12.1 Å². The number of fused-ring (bicyclic) bond motifs is 2. The summed E-state index contributed by atoms with van der Waals surface area (Å²) in [4.78, 5) is 19.0. The largest absolute Gasteiger partial charge is 0.346 e. The molecule has 0 aliphatic rings. The number of hydrogen-bond donors (Lipinski definition) is 1. The third-order valence-electron chi connectivity index (χ3n) is 2.44. The van der Waals surface area contributed by atoms with Crippen LogP contribution in [0.4, 0.5) is 0 Å². The second kappa shape index (κ2) is 2.92. The summed E-state index contributed by atoms with van der Waals surface area (Å²) in [5, 5.41) is 1.62. The summed E-state index contributed by atoms with van der Waals surface area (Å²) < 4.78 is 0. The van der Waals surface area contributed by atoms with Crippen LogP contribution in [-0.2, 0) is 0 Å². The number of nitrogens with one attached hydrogen (secondary N) is 1. The fourth-order valence-electron chi connectivity index (χ4n) is 1.71. The first-order chi connectivity index (χ1) is 7.34. The molecule has 0 spiro atoms. The van der Waals surface area contributed by atoms with E-state index in [2.05, 4.69) is 9.97 Å². The van der Waals surface area contributed by atoms with Crippen LogP contribution in [-0.4, -0.2) is 9.97 Å². The van der Waals surface area contributed by atoms with E-state index < -0.39 is 0 Å².